The van der Waals surface area contributed by atoms with Gasteiger partial charge < -0.3 is 11.1 Å². The second kappa shape index (κ2) is 2.95. The molecule has 1 aliphatic carbocycles. The van der Waals surface area contributed by atoms with Crippen molar-refractivity contribution >= 4 is 5.69 Å². The van der Waals surface area contributed by atoms with Crippen molar-refractivity contribution in [1.82, 2.24) is 4.98 Å². The van der Waals surface area contributed by atoms with E-state index in [9.17, 15) is 0 Å². The third-order valence-electron chi connectivity index (χ3n) is 3.58. The molecule has 0 spiro atoms. The molecule has 80 valence electrons. The van der Waals surface area contributed by atoms with Crippen molar-refractivity contribution in [2.24, 2.45) is 5.73 Å². The van der Waals surface area contributed by atoms with E-state index in [1.165, 1.54) is 17.8 Å². The lowest BCUT2D eigenvalue weighted by Crippen LogP contribution is -2.23. The van der Waals surface area contributed by atoms with Crippen LogP contribution in [0.15, 0.2) is 12.1 Å². The molecule has 3 nitrogen and oxygen atoms in total. The van der Waals surface area contributed by atoms with Gasteiger partial charge in [0.25, 0.3) is 0 Å². The smallest absolute Gasteiger partial charge is 0.0667 e. The summed E-state index contributed by atoms with van der Waals surface area (Å²) in [4.78, 5) is 4.74. The molecule has 15 heavy (non-hydrogen) atoms. The van der Waals surface area contributed by atoms with E-state index in [2.05, 4.69) is 24.4 Å². The van der Waals surface area contributed by atoms with Crippen molar-refractivity contribution in [2.45, 2.75) is 37.6 Å². The van der Waals surface area contributed by atoms with Gasteiger partial charge in [-0.3, -0.25) is 4.98 Å². The van der Waals surface area contributed by atoms with Gasteiger partial charge in [0.1, 0.15) is 0 Å². The summed E-state index contributed by atoms with van der Waals surface area (Å²) >= 11 is 0. The normalized spacial score (nSPS) is 26.7. The lowest BCUT2D eigenvalue weighted by Gasteiger charge is -2.24. The lowest BCUT2D eigenvalue weighted by molar-refractivity contribution is 0.636. The molecular weight excluding hydrogens is 186 g/mol. The highest BCUT2D eigenvalue weighted by Crippen LogP contribution is 2.43. The number of fused-ring (bicyclic) bond motifs is 1. The number of rotatable bonds is 1. The Labute approximate surface area is 90.1 Å². The van der Waals surface area contributed by atoms with Gasteiger partial charge in [0.15, 0.2) is 0 Å². The highest BCUT2D eigenvalue weighted by atomic mass is 15.0. The van der Waals surface area contributed by atoms with Crippen LogP contribution in [0.1, 0.15) is 43.5 Å². The Kier molecular flexibility index (Phi) is 1.80. The number of hydrogen-bond acceptors (Lipinski definition) is 3. The van der Waals surface area contributed by atoms with E-state index in [4.69, 9.17) is 10.7 Å². The molecule has 1 fully saturated rings. The topological polar surface area (TPSA) is 50.9 Å². The Morgan fingerprint density at radius 3 is 3.00 bits per heavy atom. The van der Waals surface area contributed by atoms with Crippen molar-refractivity contribution in [3.05, 3.63) is 23.5 Å². The van der Waals surface area contributed by atoms with Crippen LogP contribution in [0.4, 0.5) is 5.69 Å². The molecule has 1 aliphatic heterocycles. The van der Waals surface area contributed by atoms with Gasteiger partial charge in [0.2, 0.25) is 0 Å². The molecule has 3 N–H and O–H groups in total. The molecule has 3 heteroatoms. The first kappa shape index (κ1) is 9.16. The Morgan fingerprint density at radius 2 is 2.27 bits per heavy atom. The van der Waals surface area contributed by atoms with Crippen LogP contribution < -0.4 is 11.1 Å². The molecule has 1 unspecified atom stereocenters. The predicted octanol–water partition coefficient (Wildman–Crippen LogP) is 1.95. The number of nitrogens with zero attached hydrogens (tertiary/aromatic N) is 1. The summed E-state index contributed by atoms with van der Waals surface area (Å²) in [6.45, 7) is 3.30. The standard InChI is InChI=1S/C12H17N3/c1-8-4-7-14-9-2-3-10(15-11(8)9)12(13)5-6-12/h2-3,8,14H,4-7,13H2,1H3. The second-order valence-electron chi connectivity index (χ2n) is 4.90. The van der Waals surface area contributed by atoms with E-state index in [1.807, 2.05) is 0 Å². The summed E-state index contributed by atoms with van der Waals surface area (Å²) in [5.74, 6) is 0.559. The molecule has 2 heterocycles. The summed E-state index contributed by atoms with van der Waals surface area (Å²) in [5.41, 5.74) is 9.54. The van der Waals surface area contributed by atoms with Gasteiger partial charge in [-0.1, -0.05) is 6.92 Å². The highest BCUT2D eigenvalue weighted by molar-refractivity contribution is 5.52. The molecule has 1 aromatic rings. The first-order valence-corrected chi connectivity index (χ1v) is 5.73. The molecule has 1 atom stereocenters. The number of anilines is 1. The maximum Gasteiger partial charge on any atom is 0.0667 e. The van der Waals surface area contributed by atoms with Crippen LogP contribution in [0.5, 0.6) is 0 Å². The van der Waals surface area contributed by atoms with Crippen LogP contribution in [0, 0.1) is 0 Å². The monoisotopic (exact) mass is 203 g/mol. The second-order valence-corrected chi connectivity index (χ2v) is 4.90. The summed E-state index contributed by atoms with van der Waals surface area (Å²) in [5, 5.41) is 3.39. The molecule has 0 radical (unpaired) electrons. The zero-order valence-corrected chi connectivity index (χ0v) is 9.09. The first-order chi connectivity index (χ1) is 7.19. The number of nitrogens with one attached hydrogen (secondary N) is 1. The van der Waals surface area contributed by atoms with Gasteiger partial charge >= 0.3 is 0 Å². The quantitative estimate of drug-likeness (QED) is 0.733. The molecule has 1 saturated carbocycles. The van der Waals surface area contributed by atoms with Crippen LogP contribution in [0.2, 0.25) is 0 Å². The molecule has 0 bridgehead atoms. The minimum absolute atomic E-state index is 0.105. The molecule has 0 saturated heterocycles. The minimum atomic E-state index is -0.105. The SMILES string of the molecule is CC1CCNc2ccc(C3(N)CC3)nc21. The number of aromatic nitrogens is 1. The minimum Gasteiger partial charge on any atom is -0.384 e. The fraction of sp³-hybridized carbons (Fsp3) is 0.583. The van der Waals surface area contributed by atoms with E-state index in [-0.39, 0.29) is 5.54 Å². The van der Waals surface area contributed by atoms with E-state index in [0.717, 1.165) is 25.1 Å². The van der Waals surface area contributed by atoms with Crippen LogP contribution in [0.3, 0.4) is 0 Å². The third kappa shape index (κ3) is 1.42. The highest BCUT2D eigenvalue weighted by Gasteiger charge is 2.41. The van der Waals surface area contributed by atoms with Crippen LogP contribution in [0.25, 0.3) is 0 Å². The van der Waals surface area contributed by atoms with Crippen molar-refractivity contribution in [3.8, 4) is 0 Å². The molecular formula is C12H17N3. The molecule has 1 aromatic heterocycles. The van der Waals surface area contributed by atoms with Gasteiger partial charge in [0, 0.05) is 12.5 Å². The Hall–Kier alpha value is -1.09. The maximum absolute atomic E-state index is 6.16. The average Bonchev–Trinajstić information content (AvgIpc) is 2.98. The summed E-state index contributed by atoms with van der Waals surface area (Å²) < 4.78 is 0. The molecule has 3 rings (SSSR count). The first-order valence-electron chi connectivity index (χ1n) is 5.73. The van der Waals surface area contributed by atoms with Crippen molar-refractivity contribution in [2.75, 3.05) is 11.9 Å². The fourth-order valence-corrected chi connectivity index (χ4v) is 2.23. The summed E-state index contributed by atoms with van der Waals surface area (Å²) in [6.07, 6.45) is 3.34. The number of hydrogen-bond donors (Lipinski definition) is 2. The maximum atomic E-state index is 6.16. The largest absolute Gasteiger partial charge is 0.384 e. The average molecular weight is 203 g/mol. The fourth-order valence-electron chi connectivity index (χ4n) is 2.23. The molecule has 0 amide bonds. The van der Waals surface area contributed by atoms with Crippen molar-refractivity contribution in [1.29, 1.82) is 0 Å². The lowest BCUT2D eigenvalue weighted by atomic mass is 9.97. The van der Waals surface area contributed by atoms with E-state index in [0.29, 0.717) is 5.92 Å². The van der Waals surface area contributed by atoms with Gasteiger partial charge in [-0.05, 0) is 31.4 Å². The number of nitrogens with two attached hydrogens (primary N) is 1. The van der Waals surface area contributed by atoms with Gasteiger partial charge in [-0.15, -0.1) is 0 Å². The van der Waals surface area contributed by atoms with Crippen molar-refractivity contribution in [3.63, 3.8) is 0 Å². The Morgan fingerprint density at radius 1 is 1.47 bits per heavy atom. The predicted molar refractivity (Wildman–Crippen MR) is 60.9 cm³/mol. The van der Waals surface area contributed by atoms with Crippen LogP contribution in [-0.4, -0.2) is 11.5 Å². The number of pyridine rings is 1. The van der Waals surface area contributed by atoms with Crippen LogP contribution in [-0.2, 0) is 5.54 Å². The van der Waals surface area contributed by atoms with Crippen LogP contribution >= 0.6 is 0 Å². The van der Waals surface area contributed by atoms with Gasteiger partial charge in [0.05, 0.1) is 22.6 Å². The third-order valence-corrected chi connectivity index (χ3v) is 3.58. The van der Waals surface area contributed by atoms with E-state index in [1.54, 1.807) is 0 Å². The molecule has 0 aromatic carbocycles. The Bertz CT molecular complexity index is 396. The Balaban J connectivity index is 2.04. The zero-order valence-electron chi connectivity index (χ0n) is 9.09. The van der Waals surface area contributed by atoms with E-state index < -0.39 is 0 Å². The summed E-state index contributed by atoms with van der Waals surface area (Å²) in [6, 6.07) is 4.22. The zero-order chi connectivity index (χ0) is 10.5. The summed E-state index contributed by atoms with van der Waals surface area (Å²) in [7, 11) is 0. The van der Waals surface area contributed by atoms with E-state index >= 15 is 0 Å². The molecule has 2 aliphatic rings. The van der Waals surface area contributed by atoms with Crippen molar-refractivity contribution < 1.29 is 0 Å². The van der Waals surface area contributed by atoms with Gasteiger partial charge in [-0.2, -0.15) is 0 Å². The van der Waals surface area contributed by atoms with Gasteiger partial charge in [-0.25, -0.2) is 0 Å².